The van der Waals surface area contributed by atoms with Crippen LogP contribution in [0.2, 0.25) is 0 Å². The third-order valence-corrected chi connectivity index (χ3v) is 4.30. The lowest BCUT2D eigenvalue weighted by Crippen LogP contribution is -2.13. The Kier molecular flexibility index (Phi) is 5.03. The van der Waals surface area contributed by atoms with Crippen LogP contribution >= 0.6 is 11.3 Å². The maximum absolute atomic E-state index is 12.7. The minimum atomic E-state index is -0.153. The van der Waals surface area contributed by atoms with E-state index in [4.69, 9.17) is 4.74 Å². The molecule has 3 aromatic rings. The third kappa shape index (κ3) is 3.88. The number of carbonyl (C=O) groups is 1. The summed E-state index contributed by atoms with van der Waals surface area (Å²) in [5.74, 6) is 0.630. The summed E-state index contributed by atoms with van der Waals surface area (Å²) in [6.07, 6.45) is 5.17. The van der Waals surface area contributed by atoms with Crippen LogP contribution in [0.25, 0.3) is 11.6 Å². The first-order valence-corrected chi connectivity index (χ1v) is 8.25. The zero-order valence-electron chi connectivity index (χ0n) is 13.1. The monoisotopic (exact) mass is 336 g/mol. The van der Waals surface area contributed by atoms with Gasteiger partial charge in [-0.05, 0) is 47.4 Å². The number of pyridine rings is 1. The van der Waals surface area contributed by atoms with E-state index in [1.165, 1.54) is 11.3 Å². The maximum atomic E-state index is 12.7. The standard InChI is InChI=1S/C19H16N2O2S/c1-23-16-6-4-14(5-7-16)13-17(18-3-2-12-24-18)19(22)21-15-8-10-20-11-9-15/h2-13H,1H3,(H,20,21,22)/b17-13+. The number of hydrogen-bond donors (Lipinski definition) is 1. The van der Waals surface area contributed by atoms with Gasteiger partial charge in [-0.3, -0.25) is 9.78 Å². The first-order chi connectivity index (χ1) is 11.8. The van der Waals surface area contributed by atoms with Crippen molar-refractivity contribution in [2.24, 2.45) is 0 Å². The fraction of sp³-hybridized carbons (Fsp3) is 0.0526. The van der Waals surface area contributed by atoms with Crippen molar-refractivity contribution in [3.8, 4) is 5.75 Å². The van der Waals surface area contributed by atoms with Gasteiger partial charge in [0.05, 0.1) is 12.7 Å². The second-order valence-electron chi connectivity index (χ2n) is 5.00. The van der Waals surface area contributed by atoms with Crippen LogP contribution in [0.1, 0.15) is 10.4 Å². The highest BCUT2D eigenvalue weighted by Crippen LogP contribution is 2.25. The summed E-state index contributed by atoms with van der Waals surface area (Å²) < 4.78 is 5.17. The van der Waals surface area contributed by atoms with Gasteiger partial charge in [0, 0.05) is 23.0 Å². The Morgan fingerprint density at radius 1 is 1.12 bits per heavy atom. The average molecular weight is 336 g/mol. The minimum Gasteiger partial charge on any atom is -0.497 e. The molecule has 2 heterocycles. The first-order valence-electron chi connectivity index (χ1n) is 7.37. The van der Waals surface area contributed by atoms with E-state index in [-0.39, 0.29) is 5.91 Å². The fourth-order valence-electron chi connectivity index (χ4n) is 2.18. The Morgan fingerprint density at radius 3 is 2.50 bits per heavy atom. The summed E-state index contributed by atoms with van der Waals surface area (Å²) in [4.78, 5) is 17.6. The Morgan fingerprint density at radius 2 is 1.88 bits per heavy atom. The fourth-order valence-corrected chi connectivity index (χ4v) is 2.92. The molecule has 1 N–H and O–H groups in total. The zero-order valence-corrected chi connectivity index (χ0v) is 13.9. The zero-order chi connectivity index (χ0) is 16.8. The molecule has 1 aromatic carbocycles. The van der Waals surface area contributed by atoms with E-state index < -0.39 is 0 Å². The largest absolute Gasteiger partial charge is 0.497 e. The van der Waals surface area contributed by atoms with Crippen molar-refractivity contribution in [2.45, 2.75) is 0 Å². The van der Waals surface area contributed by atoms with Gasteiger partial charge in [0.2, 0.25) is 0 Å². The summed E-state index contributed by atoms with van der Waals surface area (Å²) in [7, 11) is 1.63. The summed E-state index contributed by atoms with van der Waals surface area (Å²) in [5.41, 5.74) is 2.27. The molecule has 4 nitrogen and oxygen atoms in total. The summed E-state index contributed by atoms with van der Waals surface area (Å²) in [6, 6.07) is 15.0. The van der Waals surface area contributed by atoms with Crippen LogP contribution in [0.3, 0.4) is 0 Å². The lowest BCUT2D eigenvalue weighted by Gasteiger charge is -2.08. The Bertz CT molecular complexity index is 826. The molecule has 0 saturated heterocycles. The number of nitrogens with zero attached hydrogens (tertiary/aromatic N) is 1. The Balaban J connectivity index is 1.91. The van der Waals surface area contributed by atoms with Gasteiger partial charge in [0.1, 0.15) is 5.75 Å². The second-order valence-corrected chi connectivity index (χ2v) is 5.95. The molecular weight excluding hydrogens is 320 g/mol. The van der Waals surface area contributed by atoms with Crippen LogP contribution < -0.4 is 10.1 Å². The molecule has 0 aliphatic rings. The highest BCUT2D eigenvalue weighted by molar-refractivity contribution is 7.11. The normalized spacial score (nSPS) is 11.1. The number of ether oxygens (including phenoxy) is 1. The molecule has 0 bridgehead atoms. The lowest BCUT2D eigenvalue weighted by molar-refractivity contribution is -0.111. The minimum absolute atomic E-state index is 0.153. The van der Waals surface area contributed by atoms with Crippen molar-refractivity contribution < 1.29 is 9.53 Å². The lowest BCUT2D eigenvalue weighted by atomic mass is 10.1. The smallest absolute Gasteiger partial charge is 0.257 e. The van der Waals surface area contributed by atoms with Crippen molar-refractivity contribution in [1.82, 2.24) is 4.98 Å². The van der Waals surface area contributed by atoms with Gasteiger partial charge >= 0.3 is 0 Å². The molecule has 0 aliphatic heterocycles. The van der Waals surface area contributed by atoms with Crippen LogP contribution in [0, 0.1) is 0 Å². The van der Waals surface area contributed by atoms with E-state index in [1.807, 2.05) is 47.9 Å². The van der Waals surface area contributed by atoms with Gasteiger partial charge in [-0.25, -0.2) is 0 Å². The highest BCUT2D eigenvalue weighted by atomic mass is 32.1. The number of benzene rings is 1. The van der Waals surface area contributed by atoms with Gasteiger partial charge in [-0.1, -0.05) is 18.2 Å². The molecule has 0 aliphatic carbocycles. The average Bonchev–Trinajstić information content (AvgIpc) is 3.15. The molecule has 0 fully saturated rings. The van der Waals surface area contributed by atoms with Gasteiger partial charge in [-0.15, -0.1) is 11.3 Å². The molecule has 0 spiro atoms. The summed E-state index contributed by atoms with van der Waals surface area (Å²) in [5, 5.41) is 4.86. The number of anilines is 1. The quantitative estimate of drug-likeness (QED) is 0.706. The third-order valence-electron chi connectivity index (χ3n) is 3.40. The number of nitrogens with one attached hydrogen (secondary N) is 1. The topological polar surface area (TPSA) is 51.2 Å². The molecule has 24 heavy (non-hydrogen) atoms. The number of carbonyl (C=O) groups excluding carboxylic acids is 1. The number of rotatable bonds is 5. The SMILES string of the molecule is COc1ccc(/C=C(/C(=O)Nc2ccncc2)c2cccs2)cc1. The van der Waals surface area contributed by atoms with Gasteiger partial charge in [0.25, 0.3) is 5.91 Å². The van der Waals surface area contributed by atoms with E-state index in [9.17, 15) is 4.79 Å². The van der Waals surface area contributed by atoms with E-state index in [2.05, 4.69) is 10.3 Å². The van der Waals surface area contributed by atoms with Crippen molar-refractivity contribution in [1.29, 1.82) is 0 Å². The van der Waals surface area contributed by atoms with Crippen LogP contribution in [-0.2, 0) is 4.79 Å². The Labute approximate surface area is 144 Å². The molecule has 0 radical (unpaired) electrons. The van der Waals surface area contributed by atoms with Crippen LogP contribution in [0.5, 0.6) is 5.75 Å². The van der Waals surface area contributed by atoms with Crippen LogP contribution in [0.4, 0.5) is 5.69 Å². The van der Waals surface area contributed by atoms with Crippen LogP contribution in [-0.4, -0.2) is 18.0 Å². The Hall–Kier alpha value is -2.92. The number of thiophene rings is 1. The van der Waals surface area contributed by atoms with Gasteiger partial charge in [0.15, 0.2) is 0 Å². The summed E-state index contributed by atoms with van der Waals surface area (Å²) >= 11 is 1.53. The summed E-state index contributed by atoms with van der Waals surface area (Å²) in [6.45, 7) is 0. The van der Waals surface area contributed by atoms with E-state index >= 15 is 0 Å². The van der Waals surface area contributed by atoms with E-state index in [1.54, 1.807) is 31.6 Å². The number of amides is 1. The molecule has 3 rings (SSSR count). The maximum Gasteiger partial charge on any atom is 0.257 e. The van der Waals surface area contributed by atoms with Gasteiger partial charge < -0.3 is 10.1 Å². The van der Waals surface area contributed by atoms with Crippen molar-refractivity contribution in [3.63, 3.8) is 0 Å². The van der Waals surface area contributed by atoms with Gasteiger partial charge in [-0.2, -0.15) is 0 Å². The molecule has 0 saturated carbocycles. The highest BCUT2D eigenvalue weighted by Gasteiger charge is 2.13. The molecule has 2 aromatic heterocycles. The van der Waals surface area contributed by atoms with E-state index in [0.717, 1.165) is 16.2 Å². The first kappa shape index (κ1) is 16.0. The molecule has 1 amide bonds. The molecule has 0 atom stereocenters. The van der Waals surface area contributed by atoms with E-state index in [0.29, 0.717) is 11.3 Å². The number of aromatic nitrogens is 1. The molecule has 0 unspecified atom stereocenters. The molecule has 120 valence electrons. The van der Waals surface area contributed by atoms with Crippen molar-refractivity contribution >= 4 is 34.6 Å². The van der Waals surface area contributed by atoms with Crippen molar-refractivity contribution in [2.75, 3.05) is 12.4 Å². The number of hydrogen-bond acceptors (Lipinski definition) is 4. The predicted octanol–water partition coefficient (Wildman–Crippen LogP) is 4.33. The number of methoxy groups -OCH3 is 1. The van der Waals surface area contributed by atoms with Crippen LogP contribution in [0.15, 0.2) is 66.3 Å². The predicted molar refractivity (Wildman–Crippen MR) is 98.1 cm³/mol. The molecular formula is C19H16N2O2S. The second kappa shape index (κ2) is 7.57. The molecule has 5 heteroatoms. The van der Waals surface area contributed by atoms with Crippen molar-refractivity contribution in [3.05, 3.63) is 76.7 Å².